The lowest BCUT2D eigenvalue weighted by atomic mass is 9.84. The second-order valence-electron chi connectivity index (χ2n) is 15.2. The molecule has 0 saturated carbocycles. The minimum absolute atomic E-state index is 0.105. The zero-order valence-electron chi connectivity index (χ0n) is 34.2. The fourth-order valence-corrected chi connectivity index (χ4v) is 8.98. The second kappa shape index (κ2) is 21.5. The molecule has 1 fully saturated rings. The minimum atomic E-state index is -1.10. The summed E-state index contributed by atoms with van der Waals surface area (Å²) in [5.74, 6) is -3.53. The van der Waals surface area contributed by atoms with Crippen molar-refractivity contribution in [2.24, 2.45) is 11.8 Å². The van der Waals surface area contributed by atoms with Crippen LogP contribution in [-0.2, 0) is 33.5 Å². The number of unbranched alkanes of at least 4 members (excludes halogenated alkanes) is 2. The third-order valence-corrected chi connectivity index (χ3v) is 12.3. The number of Topliss-reactive ketones (excluding diaryl/α,β-unsaturated/α-hetero) is 1. The highest BCUT2D eigenvalue weighted by Gasteiger charge is 2.40. The van der Waals surface area contributed by atoms with Gasteiger partial charge >= 0.3 is 0 Å². The number of amides is 5. The topological polar surface area (TPSA) is 136 Å². The number of thioether (sulfide) groups is 1. The van der Waals surface area contributed by atoms with E-state index < -0.39 is 46.4 Å². The van der Waals surface area contributed by atoms with E-state index in [-0.39, 0.29) is 49.4 Å². The van der Waals surface area contributed by atoms with Crippen molar-refractivity contribution in [1.82, 2.24) is 25.3 Å². The highest BCUT2D eigenvalue weighted by Crippen LogP contribution is 2.48. The van der Waals surface area contributed by atoms with Gasteiger partial charge in [-0.2, -0.15) is 0 Å². The first-order valence-corrected chi connectivity index (χ1v) is 21.0. The number of hydrogen-bond acceptors (Lipinski definition) is 7. The molecule has 3 aromatic carbocycles. The molecule has 12 heteroatoms. The quantitative estimate of drug-likeness (QED) is 0.188. The van der Waals surface area contributed by atoms with E-state index in [0.29, 0.717) is 12.8 Å². The summed E-state index contributed by atoms with van der Waals surface area (Å²) in [5, 5.41) is 5.77. The average molecular weight is 798 g/mol. The van der Waals surface area contributed by atoms with E-state index in [1.807, 2.05) is 97.9 Å². The first-order chi connectivity index (χ1) is 27.3. The van der Waals surface area contributed by atoms with Gasteiger partial charge in [-0.25, -0.2) is 0 Å². The van der Waals surface area contributed by atoms with E-state index in [1.165, 1.54) is 47.6 Å². The number of ketones is 1. The molecule has 4 rings (SSSR count). The lowest BCUT2D eigenvalue weighted by molar-refractivity contribution is -0.143. The van der Waals surface area contributed by atoms with Gasteiger partial charge in [0.2, 0.25) is 29.5 Å². The normalized spacial score (nSPS) is 20.5. The van der Waals surface area contributed by atoms with Crippen LogP contribution in [0.4, 0.5) is 0 Å². The van der Waals surface area contributed by atoms with E-state index in [9.17, 15) is 28.8 Å². The fraction of sp³-hybridized carbons (Fsp3) is 0.467. The molecule has 0 aromatic heterocycles. The molecule has 306 valence electrons. The Kier molecular flexibility index (Phi) is 16.9. The summed E-state index contributed by atoms with van der Waals surface area (Å²) in [7, 11) is 4.52. The van der Waals surface area contributed by atoms with Crippen LogP contribution in [0.2, 0.25) is 0 Å². The Morgan fingerprint density at radius 2 is 1.12 bits per heavy atom. The van der Waals surface area contributed by atoms with Crippen LogP contribution in [0.15, 0.2) is 91.0 Å². The van der Waals surface area contributed by atoms with Crippen LogP contribution in [0.1, 0.15) is 76.0 Å². The summed E-state index contributed by atoms with van der Waals surface area (Å²) in [6.45, 7) is 4.83. The molecule has 0 radical (unpaired) electrons. The van der Waals surface area contributed by atoms with Crippen molar-refractivity contribution in [1.29, 1.82) is 0 Å². The molecule has 1 saturated heterocycles. The SMILES string of the molecule is CCCCC[C@H](C)[C@@H]1NC(=O)CN(C)C(=O)[C@H](CC)CC(=O)CN(C)C(=O)[C@H](CSC(c2ccccc2)(c2ccccc2)c2ccccc2)NC(=O)CN(C)C1=O. The molecule has 0 spiro atoms. The summed E-state index contributed by atoms with van der Waals surface area (Å²) in [4.78, 5) is 86.6. The van der Waals surface area contributed by atoms with Crippen LogP contribution in [0.3, 0.4) is 0 Å². The highest BCUT2D eigenvalue weighted by molar-refractivity contribution is 8.00. The van der Waals surface area contributed by atoms with Gasteiger partial charge in [-0.15, -0.1) is 11.8 Å². The number of carbonyl (C=O) groups is 6. The Morgan fingerprint density at radius 3 is 1.61 bits per heavy atom. The van der Waals surface area contributed by atoms with E-state index in [2.05, 4.69) is 17.6 Å². The number of rotatable bonds is 12. The van der Waals surface area contributed by atoms with Gasteiger partial charge in [0.15, 0.2) is 5.78 Å². The maximum atomic E-state index is 14.4. The average Bonchev–Trinajstić information content (AvgIpc) is 3.21. The molecule has 3 aromatic rings. The largest absolute Gasteiger partial charge is 0.342 e. The minimum Gasteiger partial charge on any atom is -0.342 e. The van der Waals surface area contributed by atoms with Crippen LogP contribution in [0, 0.1) is 11.8 Å². The molecule has 1 aliphatic rings. The van der Waals surface area contributed by atoms with Gasteiger partial charge < -0.3 is 25.3 Å². The molecule has 4 atom stereocenters. The van der Waals surface area contributed by atoms with Crippen molar-refractivity contribution < 1.29 is 28.8 Å². The van der Waals surface area contributed by atoms with Crippen LogP contribution in [0.25, 0.3) is 0 Å². The highest BCUT2D eigenvalue weighted by atomic mass is 32.2. The zero-order valence-corrected chi connectivity index (χ0v) is 35.1. The predicted octanol–water partition coefficient (Wildman–Crippen LogP) is 5.27. The van der Waals surface area contributed by atoms with E-state index in [0.717, 1.165) is 36.0 Å². The summed E-state index contributed by atoms with van der Waals surface area (Å²) >= 11 is 1.49. The number of nitrogens with zero attached hydrogens (tertiary/aromatic N) is 3. The Hall–Kier alpha value is -4.97. The summed E-state index contributed by atoms with van der Waals surface area (Å²) in [6, 6.07) is 27.9. The molecule has 57 heavy (non-hydrogen) atoms. The van der Waals surface area contributed by atoms with Crippen LogP contribution in [0.5, 0.6) is 0 Å². The molecule has 5 amide bonds. The molecule has 2 N–H and O–H groups in total. The van der Waals surface area contributed by atoms with Gasteiger partial charge in [0.05, 0.1) is 24.4 Å². The van der Waals surface area contributed by atoms with Crippen molar-refractivity contribution in [3.63, 3.8) is 0 Å². The molecular weight excluding hydrogens is 739 g/mol. The van der Waals surface area contributed by atoms with Crippen molar-refractivity contribution in [2.75, 3.05) is 46.5 Å². The Bertz CT molecular complexity index is 1710. The third kappa shape index (κ3) is 11.8. The predicted molar refractivity (Wildman–Crippen MR) is 225 cm³/mol. The van der Waals surface area contributed by atoms with Gasteiger partial charge in [0.1, 0.15) is 12.1 Å². The summed E-state index contributed by atoms with van der Waals surface area (Å²) in [6.07, 6.45) is 3.72. The van der Waals surface area contributed by atoms with Gasteiger partial charge in [-0.1, -0.05) is 131 Å². The molecule has 11 nitrogen and oxygen atoms in total. The first-order valence-electron chi connectivity index (χ1n) is 20.0. The summed E-state index contributed by atoms with van der Waals surface area (Å²) < 4.78 is -0.804. The molecular formula is C45H59N5O6S. The Balaban J connectivity index is 1.74. The fourth-order valence-electron chi connectivity index (χ4n) is 7.43. The monoisotopic (exact) mass is 797 g/mol. The Morgan fingerprint density at radius 1 is 0.649 bits per heavy atom. The van der Waals surface area contributed by atoms with Crippen molar-refractivity contribution in [2.45, 2.75) is 76.1 Å². The van der Waals surface area contributed by atoms with Crippen LogP contribution >= 0.6 is 11.8 Å². The van der Waals surface area contributed by atoms with Gasteiger partial charge in [0.25, 0.3) is 0 Å². The maximum Gasteiger partial charge on any atom is 0.246 e. The molecule has 1 heterocycles. The van der Waals surface area contributed by atoms with Gasteiger partial charge in [-0.3, -0.25) is 28.8 Å². The first kappa shape index (κ1) is 44.7. The zero-order chi connectivity index (χ0) is 41.5. The van der Waals surface area contributed by atoms with E-state index in [1.54, 1.807) is 6.92 Å². The maximum absolute atomic E-state index is 14.4. The number of hydrogen-bond donors (Lipinski definition) is 2. The molecule has 0 bridgehead atoms. The van der Waals surface area contributed by atoms with E-state index >= 15 is 0 Å². The van der Waals surface area contributed by atoms with E-state index in [4.69, 9.17) is 0 Å². The van der Waals surface area contributed by atoms with Crippen molar-refractivity contribution >= 4 is 47.1 Å². The smallest absolute Gasteiger partial charge is 0.246 e. The number of nitrogens with one attached hydrogen (secondary N) is 2. The molecule has 0 aliphatic carbocycles. The third-order valence-electron chi connectivity index (χ3n) is 10.7. The lowest BCUT2D eigenvalue weighted by Gasteiger charge is -2.37. The van der Waals surface area contributed by atoms with Crippen LogP contribution in [-0.4, -0.2) is 109 Å². The van der Waals surface area contributed by atoms with Crippen LogP contribution < -0.4 is 10.6 Å². The van der Waals surface area contributed by atoms with Crippen molar-refractivity contribution in [3.8, 4) is 0 Å². The number of benzene rings is 3. The van der Waals surface area contributed by atoms with Crippen molar-refractivity contribution in [3.05, 3.63) is 108 Å². The number of carbonyl (C=O) groups excluding carboxylic acids is 6. The van der Waals surface area contributed by atoms with Gasteiger partial charge in [-0.05, 0) is 35.4 Å². The molecule has 1 aliphatic heterocycles. The molecule has 0 unspecified atom stereocenters. The number of likely N-dealkylation sites (N-methyl/N-ethyl adjacent to an activating group) is 3. The standard InChI is InChI=1S/C45H59N5O6S/c1-7-9-13-20-32(3)41-44(56)50(6)29-39(52)46-38(43(55)48(4)28-37(51)27-33(8-2)42(54)49(5)30-40(53)47-41)31-57-45(34-21-14-10-15-22-34,35-23-16-11-17-24-35)36-25-18-12-19-26-36/h10-12,14-19,21-26,32-33,38,41H,7-9,13,20,27-31H2,1-6H3,(H,46,52)(H,47,53)/t32-,33+,38-,41-/m0/s1. The van der Waals surface area contributed by atoms with Gasteiger partial charge in [0, 0.05) is 39.2 Å². The lowest BCUT2D eigenvalue weighted by Crippen LogP contribution is -2.56. The Labute approximate surface area is 342 Å². The second-order valence-corrected chi connectivity index (χ2v) is 16.4. The summed E-state index contributed by atoms with van der Waals surface area (Å²) in [5.41, 5.74) is 2.92.